The first-order valence-corrected chi connectivity index (χ1v) is 6.58. The van der Waals surface area contributed by atoms with E-state index in [1.807, 2.05) is 19.9 Å². The molecule has 1 aromatic carbocycles. The largest absolute Gasteiger partial charge is 0.395 e. The minimum absolute atomic E-state index is 0.0684. The van der Waals surface area contributed by atoms with Crippen LogP contribution in [0.4, 0.5) is 4.39 Å². The highest BCUT2D eigenvalue weighted by atomic mass is 19.1. The quantitative estimate of drug-likeness (QED) is 0.776. The summed E-state index contributed by atoms with van der Waals surface area (Å²) in [5.41, 5.74) is 0.923. The van der Waals surface area contributed by atoms with Crippen LogP contribution in [0.2, 0.25) is 0 Å². The van der Waals surface area contributed by atoms with E-state index in [2.05, 4.69) is 0 Å². The van der Waals surface area contributed by atoms with Gasteiger partial charge in [0.2, 0.25) is 0 Å². The van der Waals surface area contributed by atoms with Gasteiger partial charge < -0.3 is 19.9 Å². The molecule has 3 N–H and O–H groups in total. The summed E-state index contributed by atoms with van der Waals surface area (Å²) < 4.78 is 15.2. The van der Waals surface area contributed by atoms with E-state index in [-0.39, 0.29) is 25.6 Å². The number of rotatable bonds is 5. The van der Waals surface area contributed by atoms with Crippen LogP contribution >= 0.6 is 0 Å². The third-order valence-corrected chi connectivity index (χ3v) is 3.56. The lowest BCUT2D eigenvalue weighted by Crippen LogP contribution is -2.29. The van der Waals surface area contributed by atoms with Crippen LogP contribution in [0.1, 0.15) is 19.5 Å². The SMILES string of the molecule is CC(C)(CO)c1cc2ccc(F)cc2n1CC(O)CO. The number of halogens is 1. The molecule has 0 amide bonds. The number of aromatic nitrogens is 1. The van der Waals surface area contributed by atoms with Crippen LogP contribution in [0.15, 0.2) is 24.3 Å². The topological polar surface area (TPSA) is 65.6 Å². The molecule has 0 fully saturated rings. The fourth-order valence-corrected chi connectivity index (χ4v) is 2.33. The summed E-state index contributed by atoms with van der Waals surface area (Å²) in [5.74, 6) is -0.358. The first kappa shape index (κ1) is 15.0. The predicted octanol–water partition coefficient (Wildman–Crippen LogP) is 1.40. The van der Waals surface area contributed by atoms with Crippen LogP contribution in [0.25, 0.3) is 10.9 Å². The van der Waals surface area contributed by atoms with Gasteiger partial charge in [0, 0.05) is 16.5 Å². The molecule has 20 heavy (non-hydrogen) atoms. The van der Waals surface area contributed by atoms with E-state index in [0.717, 1.165) is 11.1 Å². The van der Waals surface area contributed by atoms with E-state index < -0.39 is 11.5 Å². The Morgan fingerprint density at radius 1 is 1.25 bits per heavy atom. The van der Waals surface area contributed by atoms with E-state index in [4.69, 9.17) is 5.11 Å². The summed E-state index contributed by atoms with van der Waals surface area (Å²) in [4.78, 5) is 0. The molecule has 1 unspecified atom stereocenters. The van der Waals surface area contributed by atoms with Crippen molar-refractivity contribution in [1.82, 2.24) is 4.57 Å². The summed E-state index contributed by atoms with van der Waals surface area (Å²) in [5, 5.41) is 29.1. The van der Waals surface area contributed by atoms with Crippen molar-refractivity contribution in [1.29, 1.82) is 0 Å². The smallest absolute Gasteiger partial charge is 0.125 e. The molecule has 0 aliphatic heterocycles. The molecular weight excluding hydrogens is 261 g/mol. The molecule has 1 aromatic heterocycles. The summed E-state index contributed by atoms with van der Waals surface area (Å²) >= 11 is 0. The first-order chi connectivity index (χ1) is 9.39. The maximum Gasteiger partial charge on any atom is 0.125 e. The Morgan fingerprint density at radius 3 is 2.55 bits per heavy atom. The maximum absolute atomic E-state index is 13.4. The van der Waals surface area contributed by atoms with Crippen molar-refractivity contribution in [2.24, 2.45) is 0 Å². The Balaban J connectivity index is 2.63. The summed E-state index contributed by atoms with van der Waals surface area (Å²) in [6, 6.07) is 6.33. The van der Waals surface area contributed by atoms with E-state index >= 15 is 0 Å². The van der Waals surface area contributed by atoms with E-state index in [0.29, 0.717) is 5.52 Å². The third-order valence-electron chi connectivity index (χ3n) is 3.56. The number of hydrogen-bond acceptors (Lipinski definition) is 3. The fraction of sp³-hybridized carbons (Fsp3) is 0.467. The zero-order valence-corrected chi connectivity index (χ0v) is 11.7. The Bertz CT molecular complexity index is 606. The molecule has 0 radical (unpaired) electrons. The second-order valence-corrected chi connectivity index (χ2v) is 5.72. The number of aliphatic hydroxyl groups excluding tert-OH is 3. The molecule has 0 spiro atoms. The van der Waals surface area contributed by atoms with Gasteiger partial charge in [0.05, 0.1) is 31.4 Å². The maximum atomic E-state index is 13.4. The third kappa shape index (κ3) is 2.70. The average Bonchev–Trinajstić information content (AvgIpc) is 2.77. The van der Waals surface area contributed by atoms with Crippen LogP contribution in [0, 0.1) is 5.82 Å². The van der Waals surface area contributed by atoms with Gasteiger partial charge in [-0.3, -0.25) is 0 Å². The molecule has 0 aliphatic carbocycles. The number of nitrogens with zero attached hydrogens (tertiary/aromatic N) is 1. The van der Waals surface area contributed by atoms with Crippen molar-refractivity contribution in [3.63, 3.8) is 0 Å². The lowest BCUT2D eigenvalue weighted by atomic mass is 9.90. The first-order valence-electron chi connectivity index (χ1n) is 6.58. The highest BCUT2D eigenvalue weighted by Gasteiger charge is 2.26. The molecule has 4 nitrogen and oxygen atoms in total. The van der Waals surface area contributed by atoms with Gasteiger partial charge in [-0.05, 0) is 24.3 Å². The predicted molar refractivity (Wildman–Crippen MR) is 75.1 cm³/mol. The van der Waals surface area contributed by atoms with E-state index in [1.54, 1.807) is 10.6 Å². The highest BCUT2D eigenvalue weighted by Crippen LogP contribution is 2.30. The van der Waals surface area contributed by atoms with Gasteiger partial charge in [-0.25, -0.2) is 4.39 Å². The molecule has 0 saturated heterocycles. The zero-order valence-electron chi connectivity index (χ0n) is 11.7. The van der Waals surface area contributed by atoms with Crippen molar-refractivity contribution in [2.45, 2.75) is 31.9 Å². The van der Waals surface area contributed by atoms with Crippen LogP contribution in [-0.4, -0.2) is 39.2 Å². The van der Waals surface area contributed by atoms with Crippen molar-refractivity contribution in [3.05, 3.63) is 35.8 Å². The van der Waals surface area contributed by atoms with Gasteiger partial charge >= 0.3 is 0 Å². The second-order valence-electron chi connectivity index (χ2n) is 5.72. The van der Waals surface area contributed by atoms with E-state index in [9.17, 15) is 14.6 Å². The fourth-order valence-electron chi connectivity index (χ4n) is 2.33. The number of hydrogen-bond donors (Lipinski definition) is 3. The standard InChI is InChI=1S/C15H20FNO3/c1-15(2,9-19)14-5-10-3-4-11(16)6-13(10)17(14)7-12(20)8-18/h3-6,12,18-20H,7-9H2,1-2H3. The van der Waals surface area contributed by atoms with Crippen LogP contribution in [0.5, 0.6) is 0 Å². The molecule has 2 rings (SSSR count). The number of fused-ring (bicyclic) bond motifs is 1. The lowest BCUT2D eigenvalue weighted by Gasteiger charge is -2.25. The second kappa shape index (κ2) is 5.52. The molecule has 0 aliphatic rings. The van der Waals surface area contributed by atoms with Gasteiger partial charge in [-0.2, -0.15) is 0 Å². The molecule has 1 heterocycles. The van der Waals surface area contributed by atoms with Gasteiger partial charge in [0.1, 0.15) is 5.82 Å². The van der Waals surface area contributed by atoms with Crippen molar-refractivity contribution in [2.75, 3.05) is 13.2 Å². The minimum Gasteiger partial charge on any atom is -0.395 e. The number of benzene rings is 1. The van der Waals surface area contributed by atoms with E-state index in [1.165, 1.54) is 12.1 Å². The Morgan fingerprint density at radius 2 is 1.95 bits per heavy atom. The van der Waals surface area contributed by atoms with Gasteiger partial charge in [0.15, 0.2) is 0 Å². The van der Waals surface area contributed by atoms with Crippen LogP contribution in [-0.2, 0) is 12.0 Å². The Kier molecular flexibility index (Phi) is 4.13. The summed E-state index contributed by atoms with van der Waals surface area (Å²) in [6.07, 6.45) is -0.929. The lowest BCUT2D eigenvalue weighted by molar-refractivity contribution is 0.0802. The monoisotopic (exact) mass is 281 g/mol. The summed E-state index contributed by atoms with van der Waals surface area (Å²) in [7, 11) is 0. The van der Waals surface area contributed by atoms with Gasteiger partial charge in [0.25, 0.3) is 0 Å². The van der Waals surface area contributed by atoms with Crippen LogP contribution in [0.3, 0.4) is 0 Å². The zero-order chi connectivity index (χ0) is 14.9. The normalized spacial score (nSPS) is 13.9. The van der Waals surface area contributed by atoms with Gasteiger partial charge in [-0.1, -0.05) is 13.8 Å². The molecular formula is C15H20FNO3. The van der Waals surface area contributed by atoms with Gasteiger partial charge in [-0.15, -0.1) is 0 Å². The molecule has 1 atom stereocenters. The van der Waals surface area contributed by atoms with Crippen molar-refractivity contribution in [3.8, 4) is 0 Å². The van der Waals surface area contributed by atoms with Crippen molar-refractivity contribution >= 4 is 10.9 Å². The Hall–Kier alpha value is -1.43. The molecule has 0 bridgehead atoms. The average molecular weight is 281 g/mol. The Labute approximate surface area is 117 Å². The van der Waals surface area contributed by atoms with Crippen molar-refractivity contribution < 1.29 is 19.7 Å². The molecule has 0 saturated carbocycles. The number of aliphatic hydroxyl groups is 3. The highest BCUT2D eigenvalue weighted by molar-refractivity contribution is 5.81. The minimum atomic E-state index is -0.929. The molecule has 2 aromatic rings. The molecule has 110 valence electrons. The molecule has 5 heteroatoms. The van der Waals surface area contributed by atoms with Crippen LogP contribution < -0.4 is 0 Å². The summed E-state index contributed by atoms with van der Waals surface area (Å²) in [6.45, 7) is 3.47.